The van der Waals surface area contributed by atoms with Gasteiger partial charge in [0.1, 0.15) is 17.3 Å². The van der Waals surface area contributed by atoms with E-state index in [4.69, 9.17) is 9.72 Å². The van der Waals surface area contributed by atoms with Crippen molar-refractivity contribution in [3.63, 3.8) is 0 Å². The van der Waals surface area contributed by atoms with Crippen LogP contribution in [-0.4, -0.2) is 46.5 Å². The number of fused-ring (bicyclic) bond motifs is 2. The minimum Gasteiger partial charge on any atom is -0.381 e. The van der Waals surface area contributed by atoms with E-state index in [-0.39, 0.29) is 24.2 Å². The smallest absolute Gasteiger partial charge is 0.254 e. The first kappa shape index (κ1) is 24.4. The number of pyridine rings is 2. The van der Waals surface area contributed by atoms with E-state index in [0.29, 0.717) is 48.2 Å². The quantitative estimate of drug-likeness (QED) is 0.318. The summed E-state index contributed by atoms with van der Waals surface area (Å²) in [6.45, 7) is 1.33. The molecule has 38 heavy (non-hydrogen) atoms. The van der Waals surface area contributed by atoms with Gasteiger partial charge in [-0.3, -0.25) is 9.20 Å². The molecule has 1 fully saturated rings. The van der Waals surface area contributed by atoms with Gasteiger partial charge in [-0.1, -0.05) is 12.1 Å². The Morgan fingerprint density at radius 1 is 1.21 bits per heavy atom. The van der Waals surface area contributed by atoms with E-state index >= 15 is 0 Å². The van der Waals surface area contributed by atoms with Crippen molar-refractivity contribution >= 4 is 23.1 Å². The first-order valence-electron chi connectivity index (χ1n) is 12.4. The van der Waals surface area contributed by atoms with Gasteiger partial charge in [0.05, 0.1) is 42.0 Å². The Morgan fingerprint density at radius 3 is 2.92 bits per heavy atom. The number of ether oxygens (including phenoxy) is 1. The van der Waals surface area contributed by atoms with Gasteiger partial charge in [-0.25, -0.2) is 23.1 Å². The van der Waals surface area contributed by atoms with Gasteiger partial charge in [0.2, 0.25) is 0 Å². The topological polar surface area (TPSA) is 92.6 Å². The predicted octanol–water partition coefficient (Wildman–Crippen LogP) is 4.38. The number of imidazole rings is 1. The number of anilines is 2. The van der Waals surface area contributed by atoms with E-state index in [1.165, 1.54) is 12.1 Å². The summed E-state index contributed by atoms with van der Waals surface area (Å²) in [4.78, 5) is 21.9. The molecule has 1 aromatic carbocycles. The minimum absolute atomic E-state index is 0.160. The van der Waals surface area contributed by atoms with Crippen LogP contribution in [0, 0.1) is 5.82 Å². The largest absolute Gasteiger partial charge is 0.381 e. The van der Waals surface area contributed by atoms with Crippen molar-refractivity contribution in [2.24, 2.45) is 0 Å². The van der Waals surface area contributed by atoms with Crippen LogP contribution in [0.3, 0.4) is 0 Å². The second-order valence-corrected chi connectivity index (χ2v) is 9.35. The molecule has 0 bridgehead atoms. The summed E-state index contributed by atoms with van der Waals surface area (Å²) in [5.74, 6) is 0.0661. The number of hydrogen-bond acceptors (Lipinski definition) is 6. The van der Waals surface area contributed by atoms with Gasteiger partial charge in [-0.05, 0) is 35.7 Å². The van der Waals surface area contributed by atoms with Crippen LogP contribution >= 0.6 is 0 Å². The predicted molar refractivity (Wildman–Crippen MR) is 135 cm³/mol. The van der Waals surface area contributed by atoms with Gasteiger partial charge in [0.15, 0.2) is 0 Å². The summed E-state index contributed by atoms with van der Waals surface area (Å²) >= 11 is 0. The maximum Gasteiger partial charge on any atom is 0.254 e. The summed E-state index contributed by atoms with van der Waals surface area (Å²) in [6.07, 6.45) is 1.66. The molecule has 5 heterocycles. The number of aromatic nitrogens is 3. The second kappa shape index (κ2) is 10.1. The Bertz CT molecular complexity index is 1520. The van der Waals surface area contributed by atoms with Crippen LogP contribution in [0.15, 0.2) is 48.8 Å². The third-order valence-corrected chi connectivity index (χ3v) is 6.95. The fourth-order valence-electron chi connectivity index (χ4n) is 5.16. The number of hydrogen-bond donors (Lipinski definition) is 3. The second-order valence-electron chi connectivity index (χ2n) is 9.35. The highest BCUT2D eigenvalue weighted by molar-refractivity contribution is 6.06. The number of nitrogens with one attached hydrogen (secondary N) is 3. The lowest BCUT2D eigenvalue weighted by Gasteiger charge is -2.17. The zero-order valence-electron chi connectivity index (χ0n) is 20.3. The molecule has 0 saturated carbocycles. The van der Waals surface area contributed by atoms with Crippen molar-refractivity contribution in [3.8, 4) is 11.3 Å². The van der Waals surface area contributed by atoms with E-state index < -0.39 is 13.0 Å². The highest BCUT2D eigenvalue weighted by atomic mass is 19.3. The van der Waals surface area contributed by atoms with Gasteiger partial charge in [-0.15, -0.1) is 0 Å². The van der Waals surface area contributed by atoms with E-state index in [1.807, 2.05) is 18.2 Å². The monoisotopic (exact) mass is 522 g/mol. The van der Waals surface area contributed by atoms with E-state index in [9.17, 15) is 18.0 Å². The molecule has 2 aliphatic heterocycles. The molecule has 0 radical (unpaired) electrons. The average molecular weight is 523 g/mol. The molecule has 6 rings (SSSR count). The zero-order chi connectivity index (χ0) is 26.2. The van der Waals surface area contributed by atoms with Gasteiger partial charge in [-0.2, -0.15) is 0 Å². The molecule has 4 aromatic rings. The van der Waals surface area contributed by atoms with Gasteiger partial charge in [0, 0.05) is 43.4 Å². The Labute approximate surface area is 216 Å². The SMILES string of the molecule is O=C1NCc2c(-c3cnc4cc(F)ccn34)ccc(Nc3ccc([C@@H]4CCOC4)c(CNCC(F)F)n3)c21. The molecule has 2 aliphatic rings. The molecular weight excluding hydrogens is 497 g/mol. The van der Waals surface area contributed by atoms with Crippen molar-refractivity contribution in [2.45, 2.75) is 31.9 Å². The van der Waals surface area contributed by atoms with Crippen molar-refractivity contribution < 1.29 is 22.7 Å². The molecular formula is C27H25F3N6O2. The lowest BCUT2D eigenvalue weighted by Crippen LogP contribution is -2.23. The van der Waals surface area contributed by atoms with Gasteiger partial charge in [0.25, 0.3) is 12.3 Å². The molecule has 1 atom stereocenters. The van der Waals surface area contributed by atoms with E-state index in [1.54, 1.807) is 22.9 Å². The number of halogens is 3. The van der Waals surface area contributed by atoms with Crippen LogP contribution < -0.4 is 16.0 Å². The number of carbonyl (C=O) groups is 1. The number of benzene rings is 1. The highest BCUT2D eigenvalue weighted by Crippen LogP contribution is 2.36. The van der Waals surface area contributed by atoms with Crippen molar-refractivity contribution in [1.29, 1.82) is 0 Å². The first-order valence-corrected chi connectivity index (χ1v) is 12.4. The highest BCUT2D eigenvalue weighted by Gasteiger charge is 2.28. The minimum atomic E-state index is -2.46. The third-order valence-electron chi connectivity index (χ3n) is 6.95. The van der Waals surface area contributed by atoms with Crippen LogP contribution in [0.5, 0.6) is 0 Å². The molecule has 11 heteroatoms. The molecule has 0 aliphatic carbocycles. The van der Waals surface area contributed by atoms with Crippen LogP contribution in [0.2, 0.25) is 0 Å². The van der Waals surface area contributed by atoms with Gasteiger partial charge >= 0.3 is 0 Å². The summed E-state index contributed by atoms with van der Waals surface area (Å²) < 4.78 is 46.4. The lowest BCUT2D eigenvalue weighted by molar-refractivity contribution is 0.0966. The van der Waals surface area contributed by atoms with Crippen LogP contribution in [0.4, 0.5) is 24.7 Å². The maximum absolute atomic E-state index is 13.7. The number of rotatable bonds is 8. The fraction of sp³-hybridized carbons (Fsp3) is 0.296. The standard InChI is InChI=1S/C27H25F3N6O2/c28-16-5-7-36-22(12-32-25(36)9-16)18-1-3-20(26-19(18)10-33-27(26)37)34-24-4-2-17(15-6-8-38-14-15)21(35-24)11-31-13-23(29)30/h1-5,7,9,12,15,23,31H,6,8,10-11,13-14H2,(H,33,37)(H,34,35)/t15-/m1/s1. The number of alkyl halides is 2. The van der Waals surface area contributed by atoms with Crippen molar-refractivity contribution in [2.75, 3.05) is 25.1 Å². The first-order chi connectivity index (χ1) is 18.5. The van der Waals surface area contributed by atoms with Crippen molar-refractivity contribution in [3.05, 3.63) is 77.0 Å². The van der Waals surface area contributed by atoms with Crippen LogP contribution in [0.1, 0.15) is 39.5 Å². The molecule has 3 aromatic heterocycles. The molecule has 3 N–H and O–H groups in total. The molecule has 0 unspecified atom stereocenters. The Balaban J connectivity index is 1.34. The fourth-order valence-corrected chi connectivity index (χ4v) is 5.16. The van der Waals surface area contributed by atoms with E-state index in [2.05, 4.69) is 20.9 Å². The van der Waals surface area contributed by atoms with Crippen LogP contribution in [-0.2, 0) is 17.8 Å². The number of carbonyl (C=O) groups excluding carboxylic acids is 1. The molecule has 0 spiro atoms. The lowest BCUT2D eigenvalue weighted by atomic mass is 9.96. The third kappa shape index (κ3) is 4.59. The molecule has 1 amide bonds. The zero-order valence-corrected chi connectivity index (χ0v) is 20.3. The Kier molecular flexibility index (Phi) is 6.46. The Morgan fingerprint density at radius 2 is 2.11 bits per heavy atom. The van der Waals surface area contributed by atoms with Crippen LogP contribution in [0.25, 0.3) is 16.9 Å². The molecule has 1 saturated heterocycles. The summed E-state index contributed by atoms with van der Waals surface area (Å²) in [6, 6.07) is 10.2. The average Bonchev–Trinajstić information content (AvgIpc) is 3.65. The molecule has 8 nitrogen and oxygen atoms in total. The van der Waals surface area contributed by atoms with Crippen molar-refractivity contribution in [1.82, 2.24) is 25.0 Å². The Hall–Kier alpha value is -3.96. The summed E-state index contributed by atoms with van der Waals surface area (Å²) in [5.41, 5.74) is 5.53. The van der Waals surface area contributed by atoms with E-state index in [0.717, 1.165) is 28.8 Å². The number of nitrogens with zero attached hydrogens (tertiary/aromatic N) is 3. The van der Waals surface area contributed by atoms with Gasteiger partial charge < -0.3 is 20.7 Å². The summed E-state index contributed by atoms with van der Waals surface area (Å²) in [5, 5.41) is 8.91. The normalized spacial score (nSPS) is 16.8. The number of amides is 1. The summed E-state index contributed by atoms with van der Waals surface area (Å²) in [7, 11) is 0. The maximum atomic E-state index is 13.7. The molecule has 196 valence electrons.